The number of nitrogens with one attached hydrogen (secondary N) is 2. The second-order valence-electron chi connectivity index (χ2n) is 7.67. The molecule has 4 aromatic rings. The number of benzene rings is 3. The molecule has 0 spiro atoms. The molecule has 0 unspecified atom stereocenters. The minimum atomic E-state index is 0.694. The molecule has 4 heteroatoms. The van der Waals surface area contributed by atoms with Crippen LogP contribution >= 0.6 is 0 Å². The third kappa shape index (κ3) is 6.06. The second kappa shape index (κ2) is 10.6. The summed E-state index contributed by atoms with van der Waals surface area (Å²) >= 11 is 0. The zero-order valence-corrected chi connectivity index (χ0v) is 18.0. The van der Waals surface area contributed by atoms with Crippen LogP contribution in [-0.4, -0.2) is 24.7 Å². The summed E-state index contributed by atoms with van der Waals surface area (Å²) in [6.07, 6.45) is 2.03. The lowest BCUT2D eigenvalue weighted by molar-refractivity contribution is 0.308. The van der Waals surface area contributed by atoms with Gasteiger partial charge in [-0.15, -0.1) is 0 Å². The Balaban J connectivity index is 1.25. The first kappa shape index (κ1) is 20.9. The summed E-state index contributed by atoms with van der Waals surface area (Å²) in [7, 11) is 0. The molecular formula is C27H29N3O. The summed E-state index contributed by atoms with van der Waals surface area (Å²) in [5.74, 6) is 0.879. The molecule has 0 atom stereocenters. The van der Waals surface area contributed by atoms with Crippen molar-refractivity contribution in [3.8, 4) is 5.75 Å². The molecule has 0 aliphatic rings. The molecular weight excluding hydrogens is 382 g/mol. The van der Waals surface area contributed by atoms with Crippen LogP contribution in [0.5, 0.6) is 5.75 Å². The van der Waals surface area contributed by atoms with Crippen LogP contribution in [0.1, 0.15) is 17.7 Å². The first-order valence-electron chi connectivity index (χ1n) is 10.9. The highest BCUT2D eigenvalue weighted by Gasteiger charge is 2.05. The van der Waals surface area contributed by atoms with Gasteiger partial charge in [0.2, 0.25) is 0 Å². The minimum Gasteiger partial charge on any atom is -0.493 e. The van der Waals surface area contributed by atoms with Crippen molar-refractivity contribution in [1.82, 2.24) is 10.3 Å². The summed E-state index contributed by atoms with van der Waals surface area (Å²) in [4.78, 5) is 4.61. The Morgan fingerprint density at radius 3 is 2.58 bits per heavy atom. The van der Waals surface area contributed by atoms with E-state index >= 15 is 0 Å². The molecule has 0 saturated carbocycles. The van der Waals surface area contributed by atoms with Crippen LogP contribution in [0, 0.1) is 6.92 Å². The molecule has 2 N–H and O–H groups in total. The van der Waals surface area contributed by atoms with E-state index in [0.717, 1.165) is 59.7 Å². The molecule has 1 aromatic heterocycles. The second-order valence-corrected chi connectivity index (χ2v) is 7.67. The van der Waals surface area contributed by atoms with Gasteiger partial charge >= 0.3 is 0 Å². The first-order valence-corrected chi connectivity index (χ1v) is 10.9. The van der Waals surface area contributed by atoms with Gasteiger partial charge in [0.15, 0.2) is 0 Å². The maximum absolute atomic E-state index is 5.97. The third-order valence-corrected chi connectivity index (χ3v) is 5.16. The van der Waals surface area contributed by atoms with E-state index in [1.165, 1.54) is 5.56 Å². The number of nitrogens with zero attached hydrogens (tertiary/aromatic N) is 1. The van der Waals surface area contributed by atoms with Crippen LogP contribution in [0.2, 0.25) is 0 Å². The van der Waals surface area contributed by atoms with Crippen LogP contribution in [0.15, 0.2) is 84.9 Å². The van der Waals surface area contributed by atoms with Crippen LogP contribution in [0.25, 0.3) is 10.9 Å². The van der Waals surface area contributed by atoms with E-state index in [9.17, 15) is 0 Å². The molecule has 3 aromatic carbocycles. The van der Waals surface area contributed by atoms with Crippen LogP contribution in [-0.2, 0) is 6.42 Å². The van der Waals surface area contributed by atoms with Crippen molar-refractivity contribution in [1.29, 1.82) is 0 Å². The van der Waals surface area contributed by atoms with E-state index in [1.54, 1.807) is 0 Å². The van der Waals surface area contributed by atoms with E-state index in [2.05, 4.69) is 64.1 Å². The maximum Gasteiger partial charge on any atom is 0.121 e. The van der Waals surface area contributed by atoms with Gasteiger partial charge in [-0.25, -0.2) is 0 Å². The van der Waals surface area contributed by atoms with E-state index in [1.807, 2.05) is 43.3 Å². The van der Waals surface area contributed by atoms with Gasteiger partial charge in [-0.2, -0.15) is 0 Å². The number of para-hydroxylation sites is 1. The number of aromatic nitrogens is 1. The van der Waals surface area contributed by atoms with Gasteiger partial charge in [0, 0.05) is 28.5 Å². The van der Waals surface area contributed by atoms with Crippen molar-refractivity contribution in [3.05, 3.63) is 96.2 Å². The van der Waals surface area contributed by atoms with Crippen LogP contribution in [0.4, 0.5) is 11.4 Å². The molecule has 1 heterocycles. The van der Waals surface area contributed by atoms with E-state index in [0.29, 0.717) is 6.61 Å². The summed E-state index contributed by atoms with van der Waals surface area (Å²) in [6, 6.07) is 29.0. The molecule has 4 rings (SSSR count). The highest BCUT2D eigenvalue weighted by atomic mass is 16.5. The van der Waals surface area contributed by atoms with Gasteiger partial charge in [0.1, 0.15) is 5.75 Å². The Kier molecular flexibility index (Phi) is 7.14. The Morgan fingerprint density at radius 2 is 1.68 bits per heavy atom. The smallest absolute Gasteiger partial charge is 0.121 e. The lowest BCUT2D eigenvalue weighted by Crippen LogP contribution is -2.20. The molecule has 0 saturated heterocycles. The SMILES string of the molecule is Cc1cc(Nc2cccc(OCCCNCCc3ccccc3)c2)c2ccccc2n1. The van der Waals surface area contributed by atoms with E-state index < -0.39 is 0 Å². The Labute approximate surface area is 184 Å². The Morgan fingerprint density at radius 1 is 0.839 bits per heavy atom. The van der Waals surface area contributed by atoms with Gasteiger partial charge in [-0.1, -0.05) is 54.6 Å². The van der Waals surface area contributed by atoms with Gasteiger partial charge in [-0.05, 0) is 62.7 Å². The Hall–Kier alpha value is -3.37. The molecule has 0 aliphatic heterocycles. The van der Waals surface area contributed by atoms with E-state index in [-0.39, 0.29) is 0 Å². The molecule has 0 radical (unpaired) electrons. The van der Waals surface area contributed by atoms with Gasteiger partial charge in [0.25, 0.3) is 0 Å². The highest BCUT2D eigenvalue weighted by molar-refractivity contribution is 5.93. The molecule has 31 heavy (non-hydrogen) atoms. The van der Waals surface area contributed by atoms with Crippen molar-refractivity contribution in [3.63, 3.8) is 0 Å². The summed E-state index contributed by atoms with van der Waals surface area (Å²) in [6.45, 7) is 4.65. The van der Waals surface area contributed by atoms with Crippen LogP contribution < -0.4 is 15.4 Å². The highest BCUT2D eigenvalue weighted by Crippen LogP contribution is 2.28. The average molecular weight is 412 g/mol. The molecule has 0 fully saturated rings. The van der Waals surface area contributed by atoms with Crippen molar-refractivity contribution < 1.29 is 4.74 Å². The number of pyridine rings is 1. The maximum atomic E-state index is 5.97. The third-order valence-electron chi connectivity index (χ3n) is 5.16. The standard InChI is InChI=1S/C27H29N3O/c1-21-19-27(25-13-5-6-14-26(25)29-21)30-23-11-7-12-24(20-23)31-18-8-16-28-17-15-22-9-3-2-4-10-22/h2-7,9-14,19-20,28H,8,15-18H2,1H3,(H,29,30). The van der Waals surface area contributed by atoms with Crippen molar-refractivity contribution in [2.24, 2.45) is 0 Å². The normalized spacial score (nSPS) is 10.9. The Bertz CT molecular complexity index is 1110. The monoisotopic (exact) mass is 411 g/mol. The van der Waals surface area contributed by atoms with Gasteiger partial charge in [-0.3, -0.25) is 4.98 Å². The molecule has 0 amide bonds. The number of ether oxygens (including phenoxy) is 1. The number of anilines is 2. The lowest BCUT2D eigenvalue weighted by Gasteiger charge is -2.12. The number of hydrogen-bond acceptors (Lipinski definition) is 4. The first-order chi connectivity index (χ1) is 15.3. The zero-order chi connectivity index (χ0) is 21.3. The molecule has 0 aliphatic carbocycles. The average Bonchev–Trinajstić information content (AvgIpc) is 2.79. The summed E-state index contributed by atoms with van der Waals surface area (Å²) < 4.78 is 5.97. The quantitative estimate of drug-likeness (QED) is 0.320. The van der Waals surface area contributed by atoms with Crippen molar-refractivity contribution in [2.75, 3.05) is 25.0 Å². The molecule has 158 valence electrons. The summed E-state index contributed by atoms with van der Waals surface area (Å²) in [5.41, 5.74) is 5.43. The topological polar surface area (TPSA) is 46.2 Å². The van der Waals surface area contributed by atoms with Crippen molar-refractivity contribution in [2.45, 2.75) is 19.8 Å². The largest absolute Gasteiger partial charge is 0.493 e. The summed E-state index contributed by atoms with van der Waals surface area (Å²) in [5, 5.41) is 8.13. The number of rotatable bonds is 10. The van der Waals surface area contributed by atoms with Gasteiger partial charge in [0.05, 0.1) is 12.1 Å². The van der Waals surface area contributed by atoms with Gasteiger partial charge < -0.3 is 15.4 Å². The van der Waals surface area contributed by atoms with Crippen molar-refractivity contribution >= 4 is 22.3 Å². The predicted octanol–water partition coefficient (Wildman–Crippen LogP) is 5.89. The fourth-order valence-corrected chi connectivity index (χ4v) is 3.62. The fraction of sp³-hybridized carbons (Fsp3) is 0.222. The minimum absolute atomic E-state index is 0.694. The lowest BCUT2D eigenvalue weighted by atomic mass is 10.1. The number of aryl methyl sites for hydroxylation is 1. The number of fused-ring (bicyclic) bond motifs is 1. The van der Waals surface area contributed by atoms with Crippen LogP contribution in [0.3, 0.4) is 0 Å². The fourth-order valence-electron chi connectivity index (χ4n) is 3.62. The predicted molar refractivity (Wildman–Crippen MR) is 129 cm³/mol. The number of hydrogen-bond donors (Lipinski definition) is 2. The van der Waals surface area contributed by atoms with E-state index in [4.69, 9.17) is 4.74 Å². The molecule has 0 bridgehead atoms. The zero-order valence-electron chi connectivity index (χ0n) is 18.0. The molecule has 4 nitrogen and oxygen atoms in total.